The minimum absolute atomic E-state index is 0.229. The van der Waals surface area contributed by atoms with E-state index < -0.39 is 0 Å². The Hall–Kier alpha value is -1.10. The van der Waals surface area contributed by atoms with Gasteiger partial charge < -0.3 is 10.2 Å². The van der Waals surface area contributed by atoms with Crippen LogP contribution in [0.1, 0.15) is 42.1 Å². The molecular weight excluding hydrogens is 302 g/mol. The summed E-state index contributed by atoms with van der Waals surface area (Å²) >= 11 is 7.84. The van der Waals surface area contributed by atoms with Crippen molar-refractivity contribution in [2.75, 3.05) is 19.0 Å². The number of nitrogens with zero attached hydrogens (tertiary/aromatic N) is 2. The molecule has 3 nitrogen and oxygen atoms in total. The van der Waals surface area contributed by atoms with Crippen LogP contribution in [0, 0.1) is 6.92 Å². The van der Waals surface area contributed by atoms with Gasteiger partial charge in [0.1, 0.15) is 0 Å². The highest BCUT2D eigenvalue weighted by molar-refractivity contribution is 7.15. The molecule has 0 aliphatic rings. The Bertz CT molecular complexity index is 611. The quantitative estimate of drug-likeness (QED) is 0.872. The molecule has 2 rings (SSSR count). The first-order chi connectivity index (χ1) is 9.93. The highest BCUT2D eigenvalue weighted by atomic mass is 35.5. The SMILES string of the molecule is CNC(C)c1sc(N(C)C(C)c2cccc(Cl)c2)nc1C. The molecule has 5 heteroatoms. The molecule has 2 atom stereocenters. The second-order valence-corrected chi connectivity index (χ2v) is 6.74. The van der Waals surface area contributed by atoms with E-state index in [0.717, 1.165) is 15.8 Å². The fourth-order valence-electron chi connectivity index (χ4n) is 2.23. The molecule has 1 heterocycles. The van der Waals surface area contributed by atoms with Gasteiger partial charge in [-0.3, -0.25) is 0 Å². The van der Waals surface area contributed by atoms with Crippen LogP contribution in [0.15, 0.2) is 24.3 Å². The number of benzene rings is 1. The van der Waals surface area contributed by atoms with E-state index in [1.807, 2.05) is 25.2 Å². The van der Waals surface area contributed by atoms with Crippen LogP contribution in [-0.4, -0.2) is 19.1 Å². The Kier molecular flexibility index (Phi) is 5.25. The lowest BCUT2D eigenvalue weighted by Crippen LogP contribution is -2.21. The van der Waals surface area contributed by atoms with Gasteiger partial charge in [0.05, 0.1) is 11.7 Å². The molecule has 0 aliphatic carbocycles. The molecule has 0 saturated carbocycles. The number of aryl methyl sites for hydroxylation is 1. The maximum atomic E-state index is 6.09. The van der Waals surface area contributed by atoms with Gasteiger partial charge in [-0.2, -0.15) is 0 Å². The van der Waals surface area contributed by atoms with E-state index in [0.29, 0.717) is 6.04 Å². The van der Waals surface area contributed by atoms with E-state index in [1.54, 1.807) is 11.3 Å². The third-order valence-electron chi connectivity index (χ3n) is 3.86. The van der Waals surface area contributed by atoms with Crippen LogP contribution < -0.4 is 10.2 Å². The zero-order chi connectivity index (χ0) is 15.6. The predicted octanol–water partition coefficient (Wildman–Crippen LogP) is 4.58. The molecule has 0 spiro atoms. The lowest BCUT2D eigenvalue weighted by molar-refractivity contribution is 0.658. The molecular formula is C16H22ClN3S. The van der Waals surface area contributed by atoms with Gasteiger partial charge in [-0.05, 0) is 45.5 Å². The third kappa shape index (κ3) is 3.57. The molecule has 0 bridgehead atoms. The highest BCUT2D eigenvalue weighted by Crippen LogP contribution is 2.34. The first kappa shape index (κ1) is 16.3. The molecule has 2 unspecified atom stereocenters. The monoisotopic (exact) mass is 323 g/mol. The molecule has 0 amide bonds. The number of thiazole rings is 1. The molecule has 2 aromatic rings. The van der Waals surface area contributed by atoms with Crippen LogP contribution in [0.5, 0.6) is 0 Å². The maximum Gasteiger partial charge on any atom is 0.186 e. The van der Waals surface area contributed by atoms with Crippen molar-refractivity contribution in [2.24, 2.45) is 0 Å². The summed E-state index contributed by atoms with van der Waals surface area (Å²) in [6, 6.07) is 8.56. The van der Waals surface area contributed by atoms with Crippen LogP contribution in [0.3, 0.4) is 0 Å². The summed E-state index contributed by atoms with van der Waals surface area (Å²) in [6.45, 7) is 6.40. The molecule has 0 fully saturated rings. The number of rotatable bonds is 5. The molecule has 0 saturated heterocycles. The predicted molar refractivity (Wildman–Crippen MR) is 92.6 cm³/mol. The summed E-state index contributed by atoms with van der Waals surface area (Å²) < 4.78 is 0. The fraction of sp³-hybridized carbons (Fsp3) is 0.438. The highest BCUT2D eigenvalue weighted by Gasteiger charge is 2.19. The van der Waals surface area contributed by atoms with E-state index in [-0.39, 0.29) is 6.04 Å². The topological polar surface area (TPSA) is 28.2 Å². The Morgan fingerprint density at radius 3 is 2.67 bits per heavy atom. The Labute approximate surface area is 136 Å². The molecule has 1 aromatic heterocycles. The summed E-state index contributed by atoms with van der Waals surface area (Å²) in [4.78, 5) is 8.21. The van der Waals surface area contributed by atoms with E-state index >= 15 is 0 Å². The van der Waals surface area contributed by atoms with Crippen molar-refractivity contribution in [3.05, 3.63) is 45.4 Å². The van der Waals surface area contributed by atoms with Crippen molar-refractivity contribution in [2.45, 2.75) is 32.9 Å². The average Bonchev–Trinajstić information content (AvgIpc) is 2.87. The van der Waals surface area contributed by atoms with Crippen LogP contribution in [-0.2, 0) is 0 Å². The van der Waals surface area contributed by atoms with E-state index in [1.165, 1.54) is 10.4 Å². The van der Waals surface area contributed by atoms with Crippen LogP contribution in [0.25, 0.3) is 0 Å². The van der Waals surface area contributed by atoms with E-state index in [2.05, 4.69) is 44.1 Å². The lowest BCUT2D eigenvalue weighted by atomic mass is 10.1. The van der Waals surface area contributed by atoms with Crippen molar-refractivity contribution < 1.29 is 0 Å². The van der Waals surface area contributed by atoms with Crippen LogP contribution in [0.2, 0.25) is 5.02 Å². The minimum Gasteiger partial charge on any atom is -0.344 e. The number of nitrogens with one attached hydrogen (secondary N) is 1. The normalized spacial score (nSPS) is 14.0. The molecule has 21 heavy (non-hydrogen) atoms. The second-order valence-electron chi connectivity index (χ2n) is 5.30. The van der Waals surface area contributed by atoms with Gasteiger partial charge in [0, 0.05) is 23.0 Å². The minimum atomic E-state index is 0.229. The maximum absolute atomic E-state index is 6.09. The summed E-state index contributed by atoms with van der Waals surface area (Å²) in [5.74, 6) is 0. The second kappa shape index (κ2) is 6.77. The first-order valence-corrected chi connectivity index (χ1v) is 8.26. The van der Waals surface area contributed by atoms with Gasteiger partial charge in [0.15, 0.2) is 5.13 Å². The molecule has 1 aromatic carbocycles. The van der Waals surface area contributed by atoms with Gasteiger partial charge in [-0.1, -0.05) is 23.7 Å². The standard InChI is InChI=1S/C16H22ClN3S/c1-10(18-4)15-11(2)19-16(21-15)20(5)12(3)13-7-6-8-14(17)9-13/h6-10,12,18H,1-5H3. The van der Waals surface area contributed by atoms with Gasteiger partial charge in [-0.25, -0.2) is 4.98 Å². The number of hydrogen-bond acceptors (Lipinski definition) is 4. The van der Waals surface area contributed by atoms with Crippen molar-refractivity contribution in [1.29, 1.82) is 0 Å². The van der Waals surface area contributed by atoms with Crippen molar-refractivity contribution in [3.8, 4) is 0 Å². The smallest absolute Gasteiger partial charge is 0.186 e. The van der Waals surface area contributed by atoms with Gasteiger partial charge in [-0.15, -0.1) is 11.3 Å². The average molecular weight is 324 g/mol. The first-order valence-electron chi connectivity index (χ1n) is 7.07. The summed E-state index contributed by atoms with van der Waals surface area (Å²) in [5, 5.41) is 5.09. The Morgan fingerprint density at radius 1 is 1.33 bits per heavy atom. The number of halogens is 1. The van der Waals surface area contributed by atoms with Crippen molar-refractivity contribution in [1.82, 2.24) is 10.3 Å². The van der Waals surface area contributed by atoms with Crippen LogP contribution >= 0.6 is 22.9 Å². The Balaban J connectivity index is 2.25. The van der Waals surface area contributed by atoms with E-state index in [9.17, 15) is 0 Å². The Morgan fingerprint density at radius 2 is 2.05 bits per heavy atom. The van der Waals surface area contributed by atoms with Gasteiger partial charge in [0.25, 0.3) is 0 Å². The molecule has 1 N–H and O–H groups in total. The summed E-state index contributed by atoms with van der Waals surface area (Å²) in [7, 11) is 4.06. The zero-order valence-electron chi connectivity index (χ0n) is 13.1. The van der Waals surface area contributed by atoms with Crippen molar-refractivity contribution >= 4 is 28.1 Å². The molecule has 0 aliphatic heterocycles. The van der Waals surface area contributed by atoms with Crippen LogP contribution in [0.4, 0.5) is 5.13 Å². The number of anilines is 1. The molecule has 0 radical (unpaired) electrons. The fourth-order valence-corrected chi connectivity index (χ4v) is 3.60. The number of aromatic nitrogens is 1. The lowest BCUT2D eigenvalue weighted by Gasteiger charge is -2.24. The van der Waals surface area contributed by atoms with Crippen molar-refractivity contribution in [3.63, 3.8) is 0 Å². The van der Waals surface area contributed by atoms with E-state index in [4.69, 9.17) is 16.6 Å². The number of hydrogen-bond donors (Lipinski definition) is 1. The summed E-state index contributed by atoms with van der Waals surface area (Å²) in [5.41, 5.74) is 2.29. The van der Waals surface area contributed by atoms with Gasteiger partial charge >= 0.3 is 0 Å². The van der Waals surface area contributed by atoms with Gasteiger partial charge in [0.2, 0.25) is 0 Å². The zero-order valence-corrected chi connectivity index (χ0v) is 14.7. The third-order valence-corrected chi connectivity index (χ3v) is 5.53. The molecule has 114 valence electrons. The largest absolute Gasteiger partial charge is 0.344 e. The summed E-state index contributed by atoms with van der Waals surface area (Å²) in [6.07, 6.45) is 0.